The minimum atomic E-state index is -0.0795. The molecule has 0 fully saturated rings. The van der Waals surface area contributed by atoms with Crippen molar-refractivity contribution in [2.24, 2.45) is 0 Å². The Bertz CT molecular complexity index is 263. The second-order valence-corrected chi connectivity index (χ2v) is 7.41. The minimum absolute atomic E-state index is 0.0795. The summed E-state index contributed by atoms with van der Waals surface area (Å²) >= 11 is 0. The Morgan fingerprint density at radius 2 is 1.04 bits per heavy atom. The molecular weight excluding hydrogens is 310 g/mol. The molecule has 0 saturated carbocycles. The summed E-state index contributed by atoms with van der Waals surface area (Å²) in [7, 11) is 1.49. The van der Waals surface area contributed by atoms with E-state index in [-0.39, 0.29) is 5.97 Å². The Morgan fingerprint density at radius 3 is 1.44 bits per heavy atom. The average molecular weight is 356 g/mol. The molecule has 0 aromatic heterocycles. The summed E-state index contributed by atoms with van der Waals surface area (Å²) in [6.45, 7) is 7.67. The van der Waals surface area contributed by atoms with Gasteiger partial charge < -0.3 is 9.64 Å². The summed E-state index contributed by atoms with van der Waals surface area (Å²) < 4.78 is 4.80. The predicted octanol–water partition coefficient (Wildman–Crippen LogP) is 6.35. The first-order valence-corrected chi connectivity index (χ1v) is 11.0. The number of ether oxygens (including phenoxy) is 1. The van der Waals surface area contributed by atoms with Gasteiger partial charge in [0.2, 0.25) is 0 Å². The topological polar surface area (TPSA) is 29.5 Å². The van der Waals surface area contributed by atoms with Crippen LogP contribution in [0, 0.1) is 0 Å². The fraction of sp³-hybridized carbons (Fsp3) is 0.955. The molecule has 0 spiro atoms. The maximum absolute atomic E-state index is 11.4. The van der Waals surface area contributed by atoms with E-state index >= 15 is 0 Å². The Balaban J connectivity index is 3.80. The molecule has 0 rings (SSSR count). The van der Waals surface area contributed by atoms with Crippen LogP contribution in [0.4, 0.5) is 0 Å². The van der Waals surface area contributed by atoms with Crippen molar-refractivity contribution in [2.75, 3.05) is 26.7 Å². The molecule has 150 valence electrons. The fourth-order valence-electron chi connectivity index (χ4n) is 3.27. The van der Waals surface area contributed by atoms with E-state index in [4.69, 9.17) is 4.74 Å². The van der Waals surface area contributed by atoms with Gasteiger partial charge in [0.05, 0.1) is 13.5 Å². The van der Waals surface area contributed by atoms with Crippen LogP contribution in [0.5, 0.6) is 0 Å². The molecule has 25 heavy (non-hydrogen) atoms. The number of hydrogen-bond acceptors (Lipinski definition) is 3. The van der Waals surface area contributed by atoms with Crippen molar-refractivity contribution < 1.29 is 9.53 Å². The van der Waals surface area contributed by atoms with Gasteiger partial charge in [-0.1, -0.05) is 90.9 Å². The summed E-state index contributed by atoms with van der Waals surface area (Å²) in [5, 5.41) is 0. The average Bonchev–Trinajstić information content (AvgIpc) is 2.63. The smallest absolute Gasteiger partial charge is 0.306 e. The summed E-state index contributed by atoms with van der Waals surface area (Å²) in [5.74, 6) is -0.0795. The van der Waals surface area contributed by atoms with Gasteiger partial charge in [-0.25, -0.2) is 0 Å². The van der Waals surface area contributed by atoms with Crippen LogP contribution in [0.1, 0.15) is 110 Å². The maximum Gasteiger partial charge on any atom is 0.306 e. The molecule has 0 saturated heterocycles. The van der Waals surface area contributed by atoms with E-state index < -0.39 is 0 Å². The van der Waals surface area contributed by atoms with Gasteiger partial charge >= 0.3 is 5.97 Å². The highest BCUT2D eigenvalue weighted by molar-refractivity contribution is 5.69. The number of carbonyl (C=O) groups is 1. The molecule has 0 N–H and O–H groups in total. The van der Waals surface area contributed by atoms with Crippen LogP contribution in [0.25, 0.3) is 0 Å². The third kappa shape index (κ3) is 18.0. The molecule has 0 bridgehead atoms. The third-order valence-corrected chi connectivity index (χ3v) is 5.02. The number of unbranched alkanes of at least 4 members (excludes halogenated alkanes) is 12. The lowest BCUT2D eigenvalue weighted by Crippen LogP contribution is -2.29. The monoisotopic (exact) mass is 355 g/mol. The molecule has 0 aliphatic carbocycles. The zero-order valence-electron chi connectivity index (χ0n) is 17.5. The van der Waals surface area contributed by atoms with Crippen LogP contribution in [-0.4, -0.2) is 37.6 Å². The molecule has 0 aromatic carbocycles. The first kappa shape index (κ1) is 24.4. The van der Waals surface area contributed by atoms with E-state index in [0.717, 1.165) is 19.6 Å². The summed E-state index contributed by atoms with van der Waals surface area (Å²) in [5.41, 5.74) is 0. The zero-order valence-corrected chi connectivity index (χ0v) is 17.5. The van der Waals surface area contributed by atoms with Crippen LogP contribution < -0.4 is 0 Å². The van der Waals surface area contributed by atoms with E-state index in [1.165, 1.54) is 97.0 Å². The Kier molecular flexibility index (Phi) is 19.3. The van der Waals surface area contributed by atoms with Crippen molar-refractivity contribution in [3.63, 3.8) is 0 Å². The summed E-state index contributed by atoms with van der Waals surface area (Å²) in [6.07, 6.45) is 19.4. The minimum Gasteiger partial charge on any atom is -0.469 e. The maximum atomic E-state index is 11.4. The molecule has 0 unspecified atom stereocenters. The van der Waals surface area contributed by atoms with Gasteiger partial charge in [0.1, 0.15) is 0 Å². The Labute approximate surface area is 157 Å². The van der Waals surface area contributed by atoms with E-state index in [1.54, 1.807) is 0 Å². The zero-order chi connectivity index (χ0) is 18.6. The van der Waals surface area contributed by atoms with Gasteiger partial charge in [-0.05, 0) is 25.9 Å². The van der Waals surface area contributed by atoms with E-state index in [0.29, 0.717) is 6.42 Å². The molecule has 0 aliphatic heterocycles. The van der Waals surface area contributed by atoms with Gasteiger partial charge in [-0.15, -0.1) is 0 Å². The quantitative estimate of drug-likeness (QED) is 0.200. The van der Waals surface area contributed by atoms with Crippen molar-refractivity contribution in [1.82, 2.24) is 4.90 Å². The molecule has 0 amide bonds. The molecular formula is C22H45NO2. The van der Waals surface area contributed by atoms with Crippen LogP contribution in [0.2, 0.25) is 0 Å². The molecule has 0 atom stereocenters. The summed E-state index contributed by atoms with van der Waals surface area (Å²) in [4.78, 5) is 13.9. The SMILES string of the molecule is CCCCCCCCCN(CCCCCCCCC)CCC(=O)OC. The Morgan fingerprint density at radius 1 is 0.640 bits per heavy atom. The number of carbonyl (C=O) groups excluding carboxylic acids is 1. The van der Waals surface area contributed by atoms with Crippen molar-refractivity contribution in [3.05, 3.63) is 0 Å². The van der Waals surface area contributed by atoms with Gasteiger partial charge in [0.25, 0.3) is 0 Å². The number of methoxy groups -OCH3 is 1. The lowest BCUT2D eigenvalue weighted by molar-refractivity contribution is -0.141. The van der Waals surface area contributed by atoms with Crippen LogP contribution in [0.3, 0.4) is 0 Å². The lowest BCUT2D eigenvalue weighted by Gasteiger charge is -2.21. The van der Waals surface area contributed by atoms with Gasteiger partial charge in [-0.2, -0.15) is 0 Å². The Hall–Kier alpha value is -0.570. The normalized spacial score (nSPS) is 11.2. The first-order valence-electron chi connectivity index (χ1n) is 11.0. The second kappa shape index (κ2) is 19.8. The van der Waals surface area contributed by atoms with Gasteiger partial charge in [-0.3, -0.25) is 4.79 Å². The standard InChI is InChI=1S/C22H45NO2/c1-4-6-8-10-12-14-16-19-23(21-18-22(24)25-3)20-17-15-13-11-9-7-5-2/h4-21H2,1-3H3. The second-order valence-electron chi connectivity index (χ2n) is 7.41. The molecule has 0 radical (unpaired) electrons. The molecule has 3 heteroatoms. The van der Waals surface area contributed by atoms with Crippen LogP contribution in [0.15, 0.2) is 0 Å². The number of esters is 1. The lowest BCUT2D eigenvalue weighted by atomic mass is 10.1. The van der Waals surface area contributed by atoms with Crippen molar-refractivity contribution in [2.45, 2.75) is 110 Å². The van der Waals surface area contributed by atoms with E-state index in [9.17, 15) is 4.79 Å². The van der Waals surface area contributed by atoms with Gasteiger partial charge in [0, 0.05) is 6.54 Å². The first-order chi connectivity index (χ1) is 12.2. The molecule has 0 aromatic rings. The number of hydrogen-bond donors (Lipinski definition) is 0. The third-order valence-electron chi connectivity index (χ3n) is 5.02. The van der Waals surface area contributed by atoms with Crippen molar-refractivity contribution in [3.8, 4) is 0 Å². The van der Waals surface area contributed by atoms with Crippen molar-refractivity contribution >= 4 is 5.97 Å². The van der Waals surface area contributed by atoms with E-state index in [1.807, 2.05) is 0 Å². The van der Waals surface area contributed by atoms with Gasteiger partial charge in [0.15, 0.2) is 0 Å². The van der Waals surface area contributed by atoms with Crippen LogP contribution >= 0.6 is 0 Å². The van der Waals surface area contributed by atoms with Crippen LogP contribution in [-0.2, 0) is 9.53 Å². The molecule has 0 aliphatic rings. The largest absolute Gasteiger partial charge is 0.469 e. The van der Waals surface area contributed by atoms with Crippen molar-refractivity contribution in [1.29, 1.82) is 0 Å². The number of rotatable bonds is 19. The highest BCUT2D eigenvalue weighted by Gasteiger charge is 2.08. The molecule has 3 nitrogen and oxygen atoms in total. The fourth-order valence-corrected chi connectivity index (χ4v) is 3.27. The highest BCUT2D eigenvalue weighted by atomic mass is 16.5. The highest BCUT2D eigenvalue weighted by Crippen LogP contribution is 2.10. The molecule has 0 heterocycles. The number of nitrogens with zero attached hydrogens (tertiary/aromatic N) is 1. The predicted molar refractivity (Wildman–Crippen MR) is 109 cm³/mol. The van der Waals surface area contributed by atoms with E-state index in [2.05, 4.69) is 18.7 Å². The summed E-state index contributed by atoms with van der Waals surface area (Å²) in [6, 6.07) is 0.